The maximum atomic E-state index is 12.5. The Labute approximate surface area is 112 Å². The molecule has 1 unspecified atom stereocenters. The number of carbonyl (C=O) groups excluding carboxylic acids is 1. The minimum Gasteiger partial charge on any atom is -0.480 e. The first kappa shape index (κ1) is 13.5. The number of nitrogens with zero attached hydrogens (tertiary/aromatic N) is 1. The van der Waals surface area contributed by atoms with Crippen LogP contribution in [0, 0.1) is 0 Å². The van der Waals surface area contributed by atoms with Gasteiger partial charge in [-0.2, -0.15) is 0 Å². The normalized spacial score (nSPS) is 19.2. The minimum absolute atomic E-state index is 0.0785. The van der Waals surface area contributed by atoms with Gasteiger partial charge < -0.3 is 15.3 Å². The van der Waals surface area contributed by atoms with Crippen molar-refractivity contribution in [2.24, 2.45) is 0 Å². The number of carbonyl (C=O) groups is 2. The smallest absolute Gasteiger partial charge is 0.322 e. The zero-order valence-electron chi connectivity index (χ0n) is 10.9. The third-order valence-corrected chi connectivity index (χ3v) is 3.39. The molecule has 1 aliphatic rings. The average molecular weight is 262 g/mol. The van der Waals surface area contributed by atoms with Crippen LogP contribution in [0.3, 0.4) is 0 Å². The fraction of sp³-hybridized carbons (Fsp3) is 0.429. The number of piperazine rings is 1. The number of aryl methyl sites for hydroxylation is 1. The zero-order chi connectivity index (χ0) is 13.8. The Morgan fingerprint density at radius 1 is 1.42 bits per heavy atom. The molecule has 1 aromatic rings. The Hall–Kier alpha value is -1.88. The fourth-order valence-corrected chi connectivity index (χ4v) is 2.31. The Morgan fingerprint density at radius 2 is 2.16 bits per heavy atom. The molecule has 2 rings (SSSR count). The molecular weight excluding hydrogens is 244 g/mol. The number of benzene rings is 1. The van der Waals surface area contributed by atoms with Gasteiger partial charge in [-0.15, -0.1) is 0 Å². The molecule has 0 spiro atoms. The number of amides is 1. The lowest BCUT2D eigenvalue weighted by molar-refractivity contribution is -0.140. The van der Waals surface area contributed by atoms with Crippen LogP contribution in [0.4, 0.5) is 0 Å². The summed E-state index contributed by atoms with van der Waals surface area (Å²) >= 11 is 0. The first-order valence-electron chi connectivity index (χ1n) is 6.47. The Kier molecular flexibility index (Phi) is 4.16. The van der Waals surface area contributed by atoms with Gasteiger partial charge in [0.05, 0.1) is 0 Å². The van der Waals surface area contributed by atoms with Gasteiger partial charge >= 0.3 is 5.97 Å². The van der Waals surface area contributed by atoms with Gasteiger partial charge in [-0.25, -0.2) is 0 Å². The van der Waals surface area contributed by atoms with Crippen LogP contribution in [0.5, 0.6) is 0 Å². The largest absolute Gasteiger partial charge is 0.480 e. The Morgan fingerprint density at radius 3 is 2.84 bits per heavy atom. The van der Waals surface area contributed by atoms with E-state index >= 15 is 0 Å². The van der Waals surface area contributed by atoms with Crippen molar-refractivity contribution in [1.29, 1.82) is 0 Å². The summed E-state index contributed by atoms with van der Waals surface area (Å²) in [4.78, 5) is 25.0. The second-order valence-corrected chi connectivity index (χ2v) is 4.61. The van der Waals surface area contributed by atoms with Crippen molar-refractivity contribution >= 4 is 11.9 Å². The second kappa shape index (κ2) is 5.84. The van der Waals surface area contributed by atoms with Crippen LogP contribution in [-0.4, -0.2) is 47.6 Å². The van der Waals surface area contributed by atoms with E-state index in [1.807, 2.05) is 25.1 Å². The molecule has 0 aliphatic carbocycles. The standard InChI is InChI=1S/C14H18N2O3/c1-2-10-5-3-4-6-11(10)13(17)16-8-7-15-12(9-16)14(18)19/h3-6,12,15H,2,7-9H2,1H3,(H,18,19). The van der Waals surface area contributed by atoms with Crippen molar-refractivity contribution < 1.29 is 14.7 Å². The van der Waals surface area contributed by atoms with E-state index in [9.17, 15) is 9.59 Å². The van der Waals surface area contributed by atoms with Crippen molar-refractivity contribution in [3.05, 3.63) is 35.4 Å². The SMILES string of the molecule is CCc1ccccc1C(=O)N1CCNC(C(=O)O)C1. The molecule has 1 saturated heterocycles. The highest BCUT2D eigenvalue weighted by atomic mass is 16.4. The zero-order valence-corrected chi connectivity index (χ0v) is 10.9. The predicted molar refractivity (Wildman–Crippen MR) is 71.2 cm³/mol. The lowest BCUT2D eigenvalue weighted by Gasteiger charge is -2.32. The molecular formula is C14H18N2O3. The van der Waals surface area contributed by atoms with Crippen LogP contribution in [0.2, 0.25) is 0 Å². The number of nitrogens with one attached hydrogen (secondary N) is 1. The Bertz CT molecular complexity index is 487. The minimum atomic E-state index is -0.915. The summed E-state index contributed by atoms with van der Waals surface area (Å²) in [5, 5.41) is 11.9. The van der Waals surface area contributed by atoms with Gasteiger partial charge in [-0.1, -0.05) is 25.1 Å². The van der Waals surface area contributed by atoms with Gasteiger partial charge in [-0.05, 0) is 18.1 Å². The van der Waals surface area contributed by atoms with E-state index in [0.717, 1.165) is 12.0 Å². The van der Waals surface area contributed by atoms with E-state index in [0.29, 0.717) is 18.7 Å². The molecule has 2 N–H and O–H groups in total. The second-order valence-electron chi connectivity index (χ2n) is 4.61. The fourth-order valence-electron chi connectivity index (χ4n) is 2.31. The lowest BCUT2D eigenvalue weighted by Crippen LogP contribution is -2.55. The summed E-state index contributed by atoms with van der Waals surface area (Å²) in [7, 11) is 0. The van der Waals surface area contributed by atoms with E-state index in [1.165, 1.54) is 0 Å². The monoisotopic (exact) mass is 262 g/mol. The summed E-state index contributed by atoms with van der Waals surface area (Å²) < 4.78 is 0. The van der Waals surface area contributed by atoms with E-state index in [4.69, 9.17) is 5.11 Å². The molecule has 19 heavy (non-hydrogen) atoms. The average Bonchev–Trinajstić information content (AvgIpc) is 2.46. The number of carboxylic acid groups (broad SMARTS) is 1. The molecule has 1 aliphatic heterocycles. The number of hydrogen-bond acceptors (Lipinski definition) is 3. The number of hydrogen-bond donors (Lipinski definition) is 2. The van der Waals surface area contributed by atoms with E-state index in [2.05, 4.69) is 5.32 Å². The lowest BCUT2D eigenvalue weighted by atomic mass is 10.0. The van der Waals surface area contributed by atoms with Crippen molar-refractivity contribution in [1.82, 2.24) is 10.2 Å². The quantitative estimate of drug-likeness (QED) is 0.843. The third-order valence-electron chi connectivity index (χ3n) is 3.39. The van der Waals surface area contributed by atoms with Crippen LogP contribution in [0.25, 0.3) is 0 Å². The van der Waals surface area contributed by atoms with E-state index in [1.54, 1.807) is 11.0 Å². The highest BCUT2D eigenvalue weighted by molar-refractivity contribution is 5.96. The van der Waals surface area contributed by atoms with Crippen LogP contribution < -0.4 is 5.32 Å². The maximum absolute atomic E-state index is 12.5. The molecule has 0 radical (unpaired) electrons. The highest BCUT2D eigenvalue weighted by Gasteiger charge is 2.28. The van der Waals surface area contributed by atoms with Crippen LogP contribution in [0.15, 0.2) is 24.3 Å². The molecule has 5 nitrogen and oxygen atoms in total. The maximum Gasteiger partial charge on any atom is 0.322 e. The number of aliphatic carboxylic acids is 1. The molecule has 5 heteroatoms. The first-order valence-corrected chi connectivity index (χ1v) is 6.47. The first-order chi connectivity index (χ1) is 9.13. The summed E-state index contributed by atoms with van der Waals surface area (Å²) in [5.74, 6) is -0.994. The van der Waals surface area contributed by atoms with Gasteiger partial charge in [0.15, 0.2) is 0 Å². The molecule has 0 bridgehead atoms. The molecule has 1 amide bonds. The van der Waals surface area contributed by atoms with Crippen molar-refractivity contribution in [3.8, 4) is 0 Å². The molecule has 0 aromatic heterocycles. The summed E-state index contributed by atoms with van der Waals surface area (Å²) in [6.45, 7) is 3.27. The molecule has 0 saturated carbocycles. The molecule has 1 atom stereocenters. The highest BCUT2D eigenvalue weighted by Crippen LogP contribution is 2.14. The van der Waals surface area contributed by atoms with Crippen molar-refractivity contribution in [2.75, 3.05) is 19.6 Å². The van der Waals surface area contributed by atoms with E-state index in [-0.39, 0.29) is 12.5 Å². The summed E-state index contributed by atoms with van der Waals surface area (Å²) in [6, 6.07) is 6.81. The topological polar surface area (TPSA) is 69.6 Å². The van der Waals surface area contributed by atoms with Gasteiger partial charge in [-0.3, -0.25) is 9.59 Å². The van der Waals surface area contributed by atoms with Crippen LogP contribution >= 0.6 is 0 Å². The van der Waals surface area contributed by atoms with Gasteiger partial charge in [0, 0.05) is 25.2 Å². The molecule has 1 fully saturated rings. The summed E-state index contributed by atoms with van der Waals surface area (Å²) in [6.07, 6.45) is 0.788. The van der Waals surface area contributed by atoms with Gasteiger partial charge in [0.2, 0.25) is 0 Å². The van der Waals surface area contributed by atoms with Gasteiger partial charge in [0.25, 0.3) is 5.91 Å². The molecule has 1 aromatic carbocycles. The molecule has 102 valence electrons. The summed E-state index contributed by atoms with van der Waals surface area (Å²) in [5.41, 5.74) is 1.67. The van der Waals surface area contributed by atoms with E-state index < -0.39 is 12.0 Å². The van der Waals surface area contributed by atoms with Crippen molar-refractivity contribution in [2.45, 2.75) is 19.4 Å². The number of carboxylic acids is 1. The van der Waals surface area contributed by atoms with Crippen molar-refractivity contribution in [3.63, 3.8) is 0 Å². The number of rotatable bonds is 3. The predicted octanol–water partition coefficient (Wildman–Crippen LogP) is 0.748. The van der Waals surface area contributed by atoms with Crippen LogP contribution in [-0.2, 0) is 11.2 Å². The van der Waals surface area contributed by atoms with Crippen LogP contribution in [0.1, 0.15) is 22.8 Å². The Balaban J connectivity index is 2.17. The third kappa shape index (κ3) is 2.93. The molecule has 1 heterocycles. The van der Waals surface area contributed by atoms with Gasteiger partial charge in [0.1, 0.15) is 6.04 Å².